The largest absolute Gasteiger partial charge is 0.389 e. The van der Waals surface area contributed by atoms with Gasteiger partial charge in [0.15, 0.2) is 0 Å². The van der Waals surface area contributed by atoms with Crippen LogP contribution in [0.2, 0.25) is 10.0 Å². The summed E-state index contributed by atoms with van der Waals surface area (Å²) in [5.41, 5.74) is 1.02. The summed E-state index contributed by atoms with van der Waals surface area (Å²) in [6.45, 7) is 2.73. The Morgan fingerprint density at radius 3 is 2.90 bits per heavy atom. The quantitative estimate of drug-likeness (QED) is 0.607. The molecule has 0 aliphatic carbocycles. The fourth-order valence-corrected chi connectivity index (χ4v) is 4.39. The van der Waals surface area contributed by atoms with E-state index in [1.807, 2.05) is 12.1 Å². The molecule has 4 atom stereocenters. The number of methoxy groups -OCH3 is 1. The second-order valence-electron chi connectivity index (χ2n) is 7.86. The highest BCUT2D eigenvalue weighted by atomic mass is 35.5. The molecule has 0 saturated carbocycles. The van der Waals surface area contributed by atoms with Crippen molar-refractivity contribution in [3.05, 3.63) is 33.8 Å². The third-order valence-corrected chi connectivity index (χ3v) is 6.24. The number of hydrogen-bond acceptors (Lipinski definition) is 6. The molecule has 2 heterocycles. The van der Waals surface area contributed by atoms with Gasteiger partial charge in [0.25, 0.3) is 0 Å². The first-order valence-corrected chi connectivity index (χ1v) is 11.1. The molecule has 2 aliphatic rings. The summed E-state index contributed by atoms with van der Waals surface area (Å²) < 4.78 is 16.9. The molecule has 0 radical (unpaired) electrons. The van der Waals surface area contributed by atoms with Crippen LogP contribution in [0.3, 0.4) is 0 Å². The lowest BCUT2D eigenvalue weighted by molar-refractivity contribution is -0.158. The molecule has 0 aromatic heterocycles. The zero-order chi connectivity index (χ0) is 21.5. The predicted octanol–water partition coefficient (Wildman–Crippen LogP) is 2.26. The molecule has 7 nitrogen and oxygen atoms in total. The smallest absolute Gasteiger partial charge is 0.222 e. The van der Waals surface area contributed by atoms with Crippen molar-refractivity contribution in [2.75, 3.05) is 40.0 Å². The van der Waals surface area contributed by atoms with E-state index in [2.05, 4.69) is 10.2 Å². The van der Waals surface area contributed by atoms with Crippen molar-refractivity contribution in [2.24, 2.45) is 0 Å². The van der Waals surface area contributed by atoms with Gasteiger partial charge in [-0.05, 0) is 30.5 Å². The molecule has 2 aliphatic heterocycles. The van der Waals surface area contributed by atoms with Crippen LogP contribution < -0.4 is 5.32 Å². The third kappa shape index (κ3) is 6.79. The molecule has 0 bridgehead atoms. The maximum Gasteiger partial charge on any atom is 0.222 e. The molecule has 168 valence electrons. The average Bonchev–Trinajstić information content (AvgIpc) is 2.69. The topological polar surface area (TPSA) is 80.3 Å². The van der Waals surface area contributed by atoms with Gasteiger partial charge in [-0.3, -0.25) is 9.69 Å². The third-order valence-electron chi connectivity index (χ3n) is 5.50. The van der Waals surface area contributed by atoms with Crippen molar-refractivity contribution in [1.29, 1.82) is 0 Å². The normalized spacial score (nSPS) is 27.7. The summed E-state index contributed by atoms with van der Waals surface area (Å²) in [6, 6.07) is 5.68. The minimum atomic E-state index is -0.571. The summed E-state index contributed by atoms with van der Waals surface area (Å²) in [6.07, 6.45) is 1.07. The van der Waals surface area contributed by atoms with E-state index in [4.69, 9.17) is 37.4 Å². The van der Waals surface area contributed by atoms with Crippen molar-refractivity contribution in [3.8, 4) is 0 Å². The van der Waals surface area contributed by atoms with Crippen LogP contribution in [0, 0.1) is 0 Å². The van der Waals surface area contributed by atoms with Gasteiger partial charge in [0.05, 0.1) is 54.6 Å². The maximum atomic E-state index is 12.1. The van der Waals surface area contributed by atoms with Gasteiger partial charge in [-0.25, -0.2) is 0 Å². The number of carbonyl (C=O) groups excluding carboxylic acids is 1. The Bertz CT molecular complexity index is 708. The van der Waals surface area contributed by atoms with E-state index in [1.165, 1.54) is 0 Å². The molecular weight excluding hydrogens is 431 g/mol. The lowest BCUT2D eigenvalue weighted by Gasteiger charge is -2.44. The van der Waals surface area contributed by atoms with Crippen LogP contribution in [0.5, 0.6) is 0 Å². The molecule has 1 aromatic carbocycles. The fraction of sp³-hybridized carbons (Fsp3) is 0.667. The number of fused-ring (bicyclic) bond motifs is 1. The second kappa shape index (κ2) is 11.6. The molecule has 0 unspecified atom stereocenters. The molecule has 1 aromatic rings. The summed E-state index contributed by atoms with van der Waals surface area (Å²) in [5, 5.41) is 14.2. The Balaban J connectivity index is 1.63. The maximum absolute atomic E-state index is 12.1. The number of hydrogen-bond donors (Lipinski definition) is 2. The van der Waals surface area contributed by atoms with E-state index in [0.717, 1.165) is 18.4 Å². The Labute approximate surface area is 187 Å². The Hall–Kier alpha value is -0.930. The van der Waals surface area contributed by atoms with Gasteiger partial charge in [-0.2, -0.15) is 0 Å². The van der Waals surface area contributed by atoms with Gasteiger partial charge in [-0.15, -0.1) is 0 Å². The van der Waals surface area contributed by atoms with Crippen molar-refractivity contribution in [1.82, 2.24) is 10.2 Å². The van der Waals surface area contributed by atoms with Crippen LogP contribution >= 0.6 is 23.2 Å². The number of aliphatic hydroxyl groups is 1. The van der Waals surface area contributed by atoms with Gasteiger partial charge < -0.3 is 24.6 Å². The monoisotopic (exact) mass is 460 g/mol. The van der Waals surface area contributed by atoms with E-state index < -0.39 is 6.10 Å². The van der Waals surface area contributed by atoms with Crippen molar-refractivity contribution >= 4 is 29.1 Å². The standard InChI is InChI=1S/C21H30Cl2N2O5/c1-28-7-6-24-21(27)9-16-3-5-19-20(30-16)13-29-12-15(26)11-25(19)10-14-2-4-17(22)18(23)8-14/h2,4,8,15-16,19-20,26H,3,5-7,9-13H2,1H3,(H,24,27)/t15-,16+,19-,20+/m1/s1. The van der Waals surface area contributed by atoms with Crippen LogP contribution in [0.1, 0.15) is 24.8 Å². The van der Waals surface area contributed by atoms with Gasteiger partial charge in [0.1, 0.15) is 0 Å². The summed E-state index contributed by atoms with van der Waals surface area (Å²) in [5.74, 6) is -0.0367. The van der Waals surface area contributed by atoms with Crippen molar-refractivity contribution < 1.29 is 24.1 Å². The molecule has 0 spiro atoms. The van der Waals surface area contributed by atoms with E-state index >= 15 is 0 Å². The first-order chi connectivity index (χ1) is 14.5. The van der Waals surface area contributed by atoms with Gasteiger partial charge >= 0.3 is 0 Å². The van der Waals surface area contributed by atoms with Crippen LogP contribution in [0.25, 0.3) is 0 Å². The molecule has 1 amide bonds. The second-order valence-corrected chi connectivity index (χ2v) is 8.67. The Morgan fingerprint density at radius 2 is 2.13 bits per heavy atom. The number of amides is 1. The Morgan fingerprint density at radius 1 is 1.30 bits per heavy atom. The van der Waals surface area contributed by atoms with Crippen molar-refractivity contribution in [3.63, 3.8) is 0 Å². The average molecular weight is 461 g/mol. The highest BCUT2D eigenvalue weighted by molar-refractivity contribution is 6.42. The van der Waals surface area contributed by atoms with Gasteiger partial charge in [0.2, 0.25) is 5.91 Å². The summed E-state index contributed by atoms with van der Waals surface area (Å²) >= 11 is 12.2. The van der Waals surface area contributed by atoms with Gasteiger partial charge in [0, 0.05) is 32.8 Å². The number of nitrogens with zero attached hydrogens (tertiary/aromatic N) is 1. The molecular formula is C21H30Cl2N2O5. The summed E-state index contributed by atoms with van der Waals surface area (Å²) in [7, 11) is 1.60. The van der Waals surface area contributed by atoms with Crippen LogP contribution in [-0.4, -0.2) is 80.3 Å². The zero-order valence-corrected chi connectivity index (χ0v) is 18.7. The van der Waals surface area contributed by atoms with Crippen molar-refractivity contribution in [2.45, 2.75) is 50.2 Å². The first kappa shape index (κ1) is 23.7. The fourth-order valence-electron chi connectivity index (χ4n) is 4.07. The zero-order valence-electron chi connectivity index (χ0n) is 17.2. The van der Waals surface area contributed by atoms with E-state index in [0.29, 0.717) is 49.3 Å². The number of carbonyl (C=O) groups is 1. The van der Waals surface area contributed by atoms with E-state index in [9.17, 15) is 9.90 Å². The number of halogens is 2. The highest BCUT2D eigenvalue weighted by Gasteiger charge is 2.38. The number of aliphatic hydroxyl groups excluding tert-OH is 1. The van der Waals surface area contributed by atoms with Gasteiger partial charge in [-0.1, -0.05) is 29.3 Å². The number of β-amino-alcohol motifs (C(OH)–C–C–N with tert-alkyl or cyclic N) is 1. The SMILES string of the molecule is COCCNC(=O)C[C@@H]1CC[C@@H]2[C@H](COC[C@H](O)CN2Cc2ccc(Cl)c(Cl)c2)O1. The number of benzene rings is 1. The lowest BCUT2D eigenvalue weighted by Crippen LogP contribution is -2.55. The van der Waals surface area contributed by atoms with E-state index in [-0.39, 0.29) is 30.8 Å². The summed E-state index contributed by atoms with van der Waals surface area (Å²) in [4.78, 5) is 14.4. The highest BCUT2D eigenvalue weighted by Crippen LogP contribution is 2.30. The molecule has 30 heavy (non-hydrogen) atoms. The predicted molar refractivity (Wildman–Crippen MR) is 115 cm³/mol. The number of nitrogens with one attached hydrogen (secondary N) is 1. The molecule has 2 fully saturated rings. The van der Waals surface area contributed by atoms with E-state index in [1.54, 1.807) is 13.2 Å². The minimum absolute atomic E-state index is 0.0367. The first-order valence-electron chi connectivity index (χ1n) is 10.3. The van der Waals surface area contributed by atoms with Crippen LogP contribution in [-0.2, 0) is 25.5 Å². The Kier molecular flexibility index (Phi) is 9.19. The van der Waals surface area contributed by atoms with Crippen LogP contribution in [0.4, 0.5) is 0 Å². The molecule has 9 heteroatoms. The van der Waals surface area contributed by atoms with Crippen LogP contribution in [0.15, 0.2) is 18.2 Å². The number of ether oxygens (including phenoxy) is 3. The molecule has 2 saturated heterocycles. The molecule has 2 N–H and O–H groups in total. The lowest BCUT2D eigenvalue weighted by atomic mass is 9.94. The minimum Gasteiger partial charge on any atom is -0.389 e. The molecule has 3 rings (SSSR count). The number of rotatable bonds is 7.